The minimum absolute atomic E-state index is 0.416. The number of carbonyl (C=O) groups is 2. The van der Waals surface area contributed by atoms with Gasteiger partial charge in [-0.15, -0.1) is 6.42 Å². The normalized spacial score (nSPS) is 16.9. The summed E-state index contributed by atoms with van der Waals surface area (Å²) in [5.41, 5.74) is 2.95. The molecule has 0 bridgehead atoms. The van der Waals surface area contributed by atoms with Crippen molar-refractivity contribution in [1.29, 1.82) is 0 Å². The summed E-state index contributed by atoms with van der Waals surface area (Å²) in [6.45, 7) is 3.93. The fraction of sp³-hybridized carbons (Fsp3) is 0.320. The van der Waals surface area contributed by atoms with Crippen molar-refractivity contribution in [2.24, 2.45) is 0 Å². The van der Waals surface area contributed by atoms with Crippen LogP contribution < -0.4 is 10.2 Å². The number of terminal acetylenes is 1. The van der Waals surface area contributed by atoms with Crippen LogP contribution in [0.15, 0.2) is 60.5 Å². The van der Waals surface area contributed by atoms with Crippen molar-refractivity contribution in [2.45, 2.75) is 44.9 Å². The molecule has 3 N–H and O–H groups in total. The molecule has 1 aliphatic heterocycles. The Kier molecular flexibility index (Phi) is 7.83. The van der Waals surface area contributed by atoms with Gasteiger partial charge < -0.3 is 20.4 Å². The predicted octanol–water partition coefficient (Wildman–Crippen LogP) is 1.51. The minimum atomic E-state index is -1.90. The number of nitrogens with zero attached hydrogens (tertiary/aromatic N) is 3. The maximum atomic E-state index is 12.8. The fourth-order valence-corrected chi connectivity index (χ4v) is 3.57. The molecule has 172 valence electrons. The smallest absolute Gasteiger partial charge is 0.259 e. The van der Waals surface area contributed by atoms with E-state index in [0.717, 1.165) is 24.0 Å². The monoisotopic (exact) mass is 448 g/mol. The lowest BCUT2D eigenvalue weighted by Gasteiger charge is -2.32. The van der Waals surface area contributed by atoms with Crippen molar-refractivity contribution in [3.05, 3.63) is 66.0 Å². The highest BCUT2D eigenvalue weighted by atomic mass is 16.3. The summed E-state index contributed by atoms with van der Waals surface area (Å²) in [6, 6.07) is 8.69. The number of para-hydroxylation sites is 1. The highest BCUT2D eigenvalue weighted by Gasteiger charge is 2.35. The van der Waals surface area contributed by atoms with Gasteiger partial charge in [0.05, 0.1) is 0 Å². The van der Waals surface area contributed by atoms with Gasteiger partial charge in [-0.25, -0.2) is 4.68 Å². The number of aromatic nitrogens is 2. The van der Waals surface area contributed by atoms with E-state index in [1.165, 1.54) is 9.58 Å². The van der Waals surface area contributed by atoms with E-state index in [9.17, 15) is 19.8 Å². The zero-order valence-corrected chi connectivity index (χ0v) is 18.7. The van der Waals surface area contributed by atoms with Gasteiger partial charge >= 0.3 is 0 Å². The third kappa shape index (κ3) is 5.58. The van der Waals surface area contributed by atoms with Crippen LogP contribution in [0.2, 0.25) is 0 Å². The summed E-state index contributed by atoms with van der Waals surface area (Å²) in [7, 11) is 0. The molecule has 1 aromatic carbocycles. The van der Waals surface area contributed by atoms with Crippen LogP contribution in [-0.4, -0.2) is 56.6 Å². The van der Waals surface area contributed by atoms with Crippen LogP contribution >= 0.6 is 0 Å². The van der Waals surface area contributed by atoms with Gasteiger partial charge in [-0.05, 0) is 50.5 Å². The number of aliphatic hydroxyl groups is 2. The topological polar surface area (TPSA) is 108 Å². The Morgan fingerprint density at radius 1 is 1.21 bits per heavy atom. The van der Waals surface area contributed by atoms with Crippen LogP contribution in [-0.2, 0) is 16.0 Å². The van der Waals surface area contributed by atoms with Gasteiger partial charge in [-0.3, -0.25) is 9.59 Å². The highest BCUT2D eigenvalue weighted by molar-refractivity contribution is 6.01. The van der Waals surface area contributed by atoms with E-state index in [-0.39, 0.29) is 0 Å². The molecular formula is C25H28N4O4. The third-order valence-corrected chi connectivity index (χ3v) is 5.64. The summed E-state index contributed by atoms with van der Waals surface area (Å²) >= 11 is 0. The molecule has 2 amide bonds. The second-order valence-electron chi connectivity index (χ2n) is 7.90. The lowest BCUT2D eigenvalue weighted by atomic mass is 10.0. The number of carbonyl (C=O) groups excluding carboxylic acids is 2. The number of rotatable bonds is 7. The van der Waals surface area contributed by atoms with Crippen molar-refractivity contribution < 1.29 is 19.8 Å². The molecule has 3 rings (SSSR count). The van der Waals surface area contributed by atoms with E-state index in [0.29, 0.717) is 17.9 Å². The lowest BCUT2D eigenvalue weighted by Crippen LogP contribution is -2.53. The molecule has 1 aromatic heterocycles. The molecule has 1 aliphatic rings. The second kappa shape index (κ2) is 10.8. The molecule has 2 heterocycles. The maximum Gasteiger partial charge on any atom is 0.259 e. The van der Waals surface area contributed by atoms with E-state index in [4.69, 9.17) is 6.42 Å². The largest absolute Gasteiger partial charge is 0.380 e. The Morgan fingerprint density at radius 3 is 2.67 bits per heavy atom. The first kappa shape index (κ1) is 24.0. The van der Waals surface area contributed by atoms with Gasteiger partial charge in [-0.2, -0.15) is 5.10 Å². The molecule has 3 atom stereocenters. The summed E-state index contributed by atoms with van der Waals surface area (Å²) in [5, 5.41) is 27.5. The van der Waals surface area contributed by atoms with Crippen molar-refractivity contribution in [3.63, 3.8) is 0 Å². The van der Waals surface area contributed by atoms with Gasteiger partial charge in [0, 0.05) is 30.7 Å². The number of nitrogens with one attached hydrogen (secondary N) is 1. The molecule has 8 nitrogen and oxygen atoms in total. The standard InChI is InChI=1S/C25H28N4O4/c1-4-20(29-16-8-14-26-29)13-12-17(2)18(3)27-24(32)22(30)23(31)25(33)28-15-7-10-19-9-5-6-11-21(19)28/h1,5-6,8-9,11-14,16,18,22-23,30-31H,7,10,15H2,2-3H3,(H,27,32)/b17-12+,20-13+/t18-,22-,23-/m1/s1. The number of hydrogen-bond donors (Lipinski definition) is 3. The Balaban J connectivity index is 1.64. The van der Waals surface area contributed by atoms with E-state index in [1.54, 1.807) is 50.5 Å². The van der Waals surface area contributed by atoms with Gasteiger partial charge in [-0.1, -0.05) is 35.8 Å². The van der Waals surface area contributed by atoms with Gasteiger partial charge in [0.1, 0.15) is 5.70 Å². The molecule has 0 aliphatic carbocycles. The average molecular weight is 449 g/mol. The summed E-state index contributed by atoms with van der Waals surface area (Å²) in [4.78, 5) is 26.8. The zero-order chi connectivity index (χ0) is 24.0. The SMILES string of the molecule is C#C/C(=C\C=C(/C)[C@@H](C)NC(=O)[C@H](O)[C@@H](O)C(=O)N1CCCc2ccccc21)n1cccn1. The summed E-state index contributed by atoms with van der Waals surface area (Å²) in [6.07, 6.45) is 10.1. The molecule has 0 radical (unpaired) electrons. The third-order valence-electron chi connectivity index (χ3n) is 5.64. The Morgan fingerprint density at radius 2 is 1.97 bits per heavy atom. The van der Waals surface area contributed by atoms with E-state index in [1.807, 2.05) is 18.2 Å². The Bertz CT molecular complexity index is 1100. The molecular weight excluding hydrogens is 420 g/mol. The van der Waals surface area contributed by atoms with Crippen LogP contribution in [0.25, 0.3) is 5.70 Å². The lowest BCUT2D eigenvalue weighted by molar-refractivity contribution is -0.144. The van der Waals surface area contributed by atoms with Crippen molar-refractivity contribution in [1.82, 2.24) is 15.1 Å². The second-order valence-corrected chi connectivity index (χ2v) is 7.90. The quantitative estimate of drug-likeness (QED) is 0.440. The van der Waals surface area contributed by atoms with Crippen LogP contribution in [0.3, 0.4) is 0 Å². The molecule has 33 heavy (non-hydrogen) atoms. The Hall–Kier alpha value is -3.67. The summed E-state index contributed by atoms with van der Waals surface area (Å²) in [5.74, 6) is 0.996. The van der Waals surface area contributed by atoms with Gasteiger partial charge in [0.25, 0.3) is 11.8 Å². The molecule has 0 fully saturated rings. The van der Waals surface area contributed by atoms with Crippen molar-refractivity contribution >= 4 is 23.2 Å². The number of anilines is 1. The van der Waals surface area contributed by atoms with Gasteiger partial charge in [0.2, 0.25) is 0 Å². The van der Waals surface area contributed by atoms with Crippen LogP contribution in [0.4, 0.5) is 5.69 Å². The van der Waals surface area contributed by atoms with Crippen LogP contribution in [0, 0.1) is 12.3 Å². The molecule has 0 saturated heterocycles. The number of hydrogen-bond acceptors (Lipinski definition) is 5. The van der Waals surface area contributed by atoms with E-state index in [2.05, 4.69) is 16.3 Å². The van der Waals surface area contributed by atoms with E-state index >= 15 is 0 Å². The summed E-state index contributed by atoms with van der Waals surface area (Å²) < 4.78 is 1.54. The van der Waals surface area contributed by atoms with E-state index < -0.39 is 30.1 Å². The first-order valence-corrected chi connectivity index (χ1v) is 10.7. The Labute approximate surface area is 193 Å². The number of benzene rings is 1. The zero-order valence-electron chi connectivity index (χ0n) is 18.7. The number of aliphatic hydroxyl groups excluding tert-OH is 2. The number of allylic oxidation sites excluding steroid dienone is 3. The van der Waals surface area contributed by atoms with Crippen LogP contribution in [0.1, 0.15) is 25.8 Å². The minimum Gasteiger partial charge on any atom is -0.380 e. The van der Waals surface area contributed by atoms with Crippen molar-refractivity contribution in [2.75, 3.05) is 11.4 Å². The molecule has 2 aromatic rings. The number of fused-ring (bicyclic) bond motifs is 1. The first-order chi connectivity index (χ1) is 15.8. The highest BCUT2D eigenvalue weighted by Crippen LogP contribution is 2.27. The van der Waals surface area contributed by atoms with Crippen LogP contribution in [0.5, 0.6) is 0 Å². The molecule has 0 saturated carbocycles. The maximum absolute atomic E-state index is 12.8. The first-order valence-electron chi connectivity index (χ1n) is 10.7. The number of amides is 2. The molecule has 0 spiro atoms. The average Bonchev–Trinajstić information content (AvgIpc) is 3.37. The predicted molar refractivity (Wildman–Crippen MR) is 126 cm³/mol. The fourth-order valence-electron chi connectivity index (χ4n) is 3.57. The molecule has 0 unspecified atom stereocenters. The molecule has 8 heteroatoms. The van der Waals surface area contributed by atoms with Crippen molar-refractivity contribution in [3.8, 4) is 12.3 Å². The number of aryl methyl sites for hydroxylation is 1. The van der Waals surface area contributed by atoms with Gasteiger partial charge in [0.15, 0.2) is 12.2 Å².